The Bertz CT molecular complexity index is 443. The Kier molecular flexibility index (Phi) is 1.56. The van der Waals surface area contributed by atoms with Gasteiger partial charge in [0, 0.05) is 12.1 Å². The van der Waals surface area contributed by atoms with Crippen molar-refractivity contribution < 1.29 is 19.0 Å². The Labute approximate surface area is 85.9 Å². The molecule has 2 aliphatic heterocycles. The number of rotatable bonds is 0. The molecule has 1 unspecified atom stereocenters. The minimum atomic E-state index is -0.474. The van der Waals surface area contributed by atoms with E-state index in [0.717, 1.165) is 0 Å². The standard InChI is InChI=1S/C10H9NO4/c1-5-10(12)11-6-2-8-9(14-4-13-8)3-7(6)15-5/h2-3,5H,4H2,1H3,(H,11,12). The number of nitrogens with one attached hydrogen (secondary N) is 1. The van der Waals surface area contributed by atoms with Gasteiger partial charge in [-0.2, -0.15) is 0 Å². The molecule has 1 aromatic carbocycles. The molecule has 5 heteroatoms. The molecule has 0 saturated heterocycles. The lowest BCUT2D eigenvalue weighted by molar-refractivity contribution is -0.122. The molecule has 0 aromatic heterocycles. The summed E-state index contributed by atoms with van der Waals surface area (Å²) < 4.78 is 15.8. The zero-order valence-electron chi connectivity index (χ0n) is 8.07. The van der Waals surface area contributed by atoms with Gasteiger partial charge in [0.1, 0.15) is 5.75 Å². The van der Waals surface area contributed by atoms with E-state index in [-0.39, 0.29) is 12.7 Å². The number of hydrogen-bond donors (Lipinski definition) is 1. The molecule has 0 aliphatic carbocycles. The zero-order chi connectivity index (χ0) is 10.4. The van der Waals surface area contributed by atoms with Crippen LogP contribution in [0.15, 0.2) is 12.1 Å². The summed E-state index contributed by atoms with van der Waals surface area (Å²) in [5, 5.41) is 2.74. The molecule has 1 N–H and O–H groups in total. The molecule has 5 nitrogen and oxygen atoms in total. The van der Waals surface area contributed by atoms with Crippen molar-refractivity contribution in [1.29, 1.82) is 0 Å². The number of carbonyl (C=O) groups excluding carboxylic acids is 1. The fourth-order valence-electron chi connectivity index (χ4n) is 1.60. The minimum absolute atomic E-state index is 0.152. The normalized spacial score (nSPS) is 21.7. The van der Waals surface area contributed by atoms with Crippen LogP contribution in [0.5, 0.6) is 17.2 Å². The largest absolute Gasteiger partial charge is 0.479 e. The molecule has 1 amide bonds. The highest BCUT2D eigenvalue weighted by Crippen LogP contribution is 2.42. The van der Waals surface area contributed by atoms with Crippen LogP contribution in [0.4, 0.5) is 5.69 Å². The Balaban J connectivity index is 2.07. The Hall–Kier alpha value is -1.91. The van der Waals surface area contributed by atoms with Gasteiger partial charge in [-0.05, 0) is 6.92 Å². The van der Waals surface area contributed by atoms with E-state index in [1.54, 1.807) is 19.1 Å². The molecule has 0 radical (unpaired) electrons. The summed E-state index contributed by atoms with van der Waals surface area (Å²) in [5.74, 6) is 1.75. The summed E-state index contributed by atoms with van der Waals surface area (Å²) in [5.41, 5.74) is 0.627. The van der Waals surface area contributed by atoms with E-state index in [0.29, 0.717) is 22.9 Å². The van der Waals surface area contributed by atoms with Crippen LogP contribution in [-0.4, -0.2) is 18.8 Å². The van der Waals surface area contributed by atoms with Gasteiger partial charge in [-0.15, -0.1) is 0 Å². The van der Waals surface area contributed by atoms with E-state index in [1.165, 1.54) is 0 Å². The zero-order valence-corrected chi connectivity index (χ0v) is 8.07. The third-order valence-electron chi connectivity index (χ3n) is 2.41. The monoisotopic (exact) mass is 207 g/mol. The summed E-state index contributed by atoms with van der Waals surface area (Å²) in [6, 6.07) is 3.44. The summed E-state index contributed by atoms with van der Waals surface area (Å²) in [6.45, 7) is 1.91. The molecule has 2 aliphatic rings. The van der Waals surface area contributed by atoms with Crippen LogP contribution in [0.1, 0.15) is 6.92 Å². The Morgan fingerprint density at radius 2 is 2.00 bits per heavy atom. The maximum atomic E-state index is 11.3. The SMILES string of the molecule is CC1Oc2cc3c(cc2NC1=O)OCO3. The molecule has 0 spiro atoms. The molecular weight excluding hydrogens is 198 g/mol. The van der Waals surface area contributed by atoms with Gasteiger partial charge >= 0.3 is 0 Å². The molecule has 0 fully saturated rings. The molecule has 0 saturated carbocycles. The van der Waals surface area contributed by atoms with Crippen molar-refractivity contribution in [2.45, 2.75) is 13.0 Å². The third-order valence-corrected chi connectivity index (χ3v) is 2.41. The maximum Gasteiger partial charge on any atom is 0.265 e. The van der Waals surface area contributed by atoms with Gasteiger partial charge in [-0.3, -0.25) is 4.79 Å². The first-order valence-corrected chi connectivity index (χ1v) is 4.65. The second kappa shape index (κ2) is 2.79. The highest BCUT2D eigenvalue weighted by Gasteiger charge is 2.27. The summed E-state index contributed by atoms with van der Waals surface area (Å²) in [7, 11) is 0. The van der Waals surface area contributed by atoms with Gasteiger partial charge in [-0.1, -0.05) is 0 Å². The van der Waals surface area contributed by atoms with Gasteiger partial charge in [0.05, 0.1) is 5.69 Å². The fraction of sp³-hybridized carbons (Fsp3) is 0.300. The first-order valence-electron chi connectivity index (χ1n) is 4.65. The smallest absolute Gasteiger partial charge is 0.265 e. The average molecular weight is 207 g/mol. The van der Waals surface area contributed by atoms with Crippen molar-refractivity contribution in [3.05, 3.63) is 12.1 Å². The van der Waals surface area contributed by atoms with E-state index in [9.17, 15) is 4.79 Å². The molecule has 3 rings (SSSR count). The van der Waals surface area contributed by atoms with E-state index in [1.807, 2.05) is 0 Å². The second-order valence-electron chi connectivity index (χ2n) is 3.45. The van der Waals surface area contributed by atoms with Crippen LogP contribution < -0.4 is 19.5 Å². The average Bonchev–Trinajstić information content (AvgIpc) is 2.63. The number of carbonyl (C=O) groups is 1. The maximum absolute atomic E-state index is 11.3. The summed E-state index contributed by atoms with van der Waals surface area (Å²) in [4.78, 5) is 11.3. The molecule has 2 heterocycles. The summed E-state index contributed by atoms with van der Waals surface area (Å²) >= 11 is 0. The van der Waals surface area contributed by atoms with Crippen LogP contribution in [-0.2, 0) is 4.79 Å². The third kappa shape index (κ3) is 1.20. The number of ether oxygens (including phenoxy) is 3. The van der Waals surface area contributed by atoms with Crippen LogP contribution in [0.2, 0.25) is 0 Å². The lowest BCUT2D eigenvalue weighted by Gasteiger charge is -2.23. The van der Waals surface area contributed by atoms with Crippen LogP contribution in [0, 0.1) is 0 Å². The van der Waals surface area contributed by atoms with Gasteiger partial charge in [0.2, 0.25) is 6.79 Å². The van der Waals surface area contributed by atoms with E-state index in [4.69, 9.17) is 14.2 Å². The highest BCUT2D eigenvalue weighted by atomic mass is 16.7. The van der Waals surface area contributed by atoms with Crippen molar-refractivity contribution in [2.75, 3.05) is 12.1 Å². The van der Waals surface area contributed by atoms with Crippen LogP contribution in [0.25, 0.3) is 0 Å². The van der Waals surface area contributed by atoms with Crippen LogP contribution in [0.3, 0.4) is 0 Å². The van der Waals surface area contributed by atoms with Gasteiger partial charge < -0.3 is 19.5 Å². The molecule has 78 valence electrons. The number of amides is 1. The lowest BCUT2D eigenvalue weighted by atomic mass is 10.2. The first kappa shape index (κ1) is 8.40. The number of benzene rings is 1. The highest BCUT2D eigenvalue weighted by molar-refractivity contribution is 5.98. The molecule has 1 atom stereocenters. The fourth-order valence-corrected chi connectivity index (χ4v) is 1.60. The van der Waals surface area contributed by atoms with Crippen molar-refractivity contribution >= 4 is 11.6 Å². The second-order valence-corrected chi connectivity index (χ2v) is 3.45. The first-order chi connectivity index (χ1) is 7.24. The van der Waals surface area contributed by atoms with E-state index >= 15 is 0 Å². The van der Waals surface area contributed by atoms with Gasteiger partial charge in [0.25, 0.3) is 5.91 Å². The quantitative estimate of drug-likeness (QED) is 0.693. The van der Waals surface area contributed by atoms with Crippen LogP contribution >= 0.6 is 0 Å². The van der Waals surface area contributed by atoms with Gasteiger partial charge in [0.15, 0.2) is 17.6 Å². The van der Waals surface area contributed by atoms with Crippen molar-refractivity contribution in [3.63, 3.8) is 0 Å². The molecular formula is C10H9NO4. The molecule has 15 heavy (non-hydrogen) atoms. The topological polar surface area (TPSA) is 56.8 Å². The Morgan fingerprint density at radius 1 is 1.27 bits per heavy atom. The Morgan fingerprint density at radius 3 is 2.80 bits per heavy atom. The van der Waals surface area contributed by atoms with Gasteiger partial charge in [-0.25, -0.2) is 0 Å². The number of fused-ring (bicyclic) bond motifs is 2. The summed E-state index contributed by atoms with van der Waals surface area (Å²) in [6.07, 6.45) is -0.474. The predicted octanol–water partition coefficient (Wildman–Crippen LogP) is 1.13. The number of hydrogen-bond acceptors (Lipinski definition) is 4. The van der Waals surface area contributed by atoms with Crippen molar-refractivity contribution in [2.24, 2.45) is 0 Å². The van der Waals surface area contributed by atoms with E-state index in [2.05, 4.69) is 5.32 Å². The van der Waals surface area contributed by atoms with Crippen molar-refractivity contribution in [1.82, 2.24) is 0 Å². The van der Waals surface area contributed by atoms with Crippen molar-refractivity contribution in [3.8, 4) is 17.2 Å². The molecule has 1 aromatic rings. The molecule has 0 bridgehead atoms. The minimum Gasteiger partial charge on any atom is -0.479 e. The lowest BCUT2D eigenvalue weighted by Crippen LogP contribution is -2.34. The number of anilines is 1. The van der Waals surface area contributed by atoms with E-state index < -0.39 is 6.10 Å². The predicted molar refractivity (Wildman–Crippen MR) is 51.3 cm³/mol.